The molecule has 0 bridgehead atoms. The molecule has 1 N–H and O–H groups in total. The van der Waals surface area contributed by atoms with Gasteiger partial charge in [0.25, 0.3) is 0 Å². The average molecular weight is 212 g/mol. The molecule has 0 aliphatic heterocycles. The van der Waals surface area contributed by atoms with Crippen molar-refractivity contribution in [2.75, 3.05) is 0 Å². The fraction of sp³-hybridized carbons (Fsp3) is 0.125. The van der Waals surface area contributed by atoms with Crippen molar-refractivity contribution in [3.63, 3.8) is 0 Å². The fourth-order valence-corrected chi connectivity index (χ4v) is 1.21. The maximum atomic E-state index is 8.80. The van der Waals surface area contributed by atoms with Crippen LogP contribution in [0.5, 0.6) is 0 Å². The molecule has 0 fully saturated rings. The second-order valence-corrected chi connectivity index (χ2v) is 2.99. The van der Waals surface area contributed by atoms with E-state index in [-0.39, 0.29) is 6.61 Å². The summed E-state index contributed by atoms with van der Waals surface area (Å²) < 4.78 is 0.876. The predicted molar refractivity (Wildman–Crippen MR) is 44.8 cm³/mol. The summed E-state index contributed by atoms with van der Waals surface area (Å²) in [6.07, 6.45) is 0. The lowest BCUT2D eigenvalue weighted by Gasteiger charge is -1.98. The number of halogens is 1. The Morgan fingerprint density at radius 2 is 2.27 bits per heavy atom. The zero-order chi connectivity index (χ0) is 8.27. The first-order valence-electron chi connectivity index (χ1n) is 3.07. The Morgan fingerprint density at radius 1 is 1.55 bits per heavy atom. The summed E-state index contributed by atoms with van der Waals surface area (Å²) in [6, 6.07) is 7.18. The molecule has 2 nitrogen and oxygen atoms in total. The Kier molecular flexibility index (Phi) is 2.64. The largest absolute Gasteiger partial charge is 0.392 e. The van der Waals surface area contributed by atoms with Gasteiger partial charge in [0, 0.05) is 4.47 Å². The Balaban J connectivity index is 3.19. The van der Waals surface area contributed by atoms with E-state index in [9.17, 15) is 0 Å². The summed E-state index contributed by atoms with van der Waals surface area (Å²) >= 11 is 3.25. The molecule has 0 saturated carbocycles. The number of nitrogens with zero attached hydrogens (tertiary/aromatic N) is 1. The maximum absolute atomic E-state index is 8.80. The highest BCUT2D eigenvalue weighted by Gasteiger charge is 1.99. The van der Waals surface area contributed by atoms with E-state index in [2.05, 4.69) is 15.9 Å². The lowest BCUT2D eigenvalue weighted by molar-refractivity contribution is 0.281. The highest BCUT2D eigenvalue weighted by molar-refractivity contribution is 9.10. The van der Waals surface area contributed by atoms with Crippen molar-refractivity contribution in [2.24, 2.45) is 0 Å². The SMILES string of the molecule is N#Cc1ccc(Br)cc1CO. The highest BCUT2D eigenvalue weighted by atomic mass is 79.9. The van der Waals surface area contributed by atoms with Gasteiger partial charge in [-0.2, -0.15) is 5.26 Å². The Morgan fingerprint density at radius 3 is 2.82 bits per heavy atom. The number of aliphatic hydroxyl groups excluding tert-OH is 1. The number of hydrogen-bond donors (Lipinski definition) is 1. The third-order valence-electron chi connectivity index (χ3n) is 1.36. The highest BCUT2D eigenvalue weighted by Crippen LogP contribution is 2.15. The molecule has 1 rings (SSSR count). The zero-order valence-electron chi connectivity index (χ0n) is 5.71. The molecular weight excluding hydrogens is 206 g/mol. The van der Waals surface area contributed by atoms with E-state index >= 15 is 0 Å². The van der Waals surface area contributed by atoms with Gasteiger partial charge in [0.2, 0.25) is 0 Å². The van der Waals surface area contributed by atoms with Crippen molar-refractivity contribution in [3.8, 4) is 6.07 Å². The van der Waals surface area contributed by atoms with Gasteiger partial charge in [-0.25, -0.2) is 0 Å². The Bertz CT molecular complexity index is 303. The monoisotopic (exact) mass is 211 g/mol. The molecule has 0 aromatic heterocycles. The van der Waals surface area contributed by atoms with Crippen molar-refractivity contribution < 1.29 is 5.11 Å². The normalized spacial score (nSPS) is 9.18. The van der Waals surface area contributed by atoms with E-state index in [1.54, 1.807) is 18.2 Å². The third kappa shape index (κ3) is 1.79. The van der Waals surface area contributed by atoms with Crippen LogP contribution in [0.3, 0.4) is 0 Å². The minimum atomic E-state index is -0.0949. The molecule has 0 heterocycles. The van der Waals surface area contributed by atoms with Gasteiger partial charge in [0.1, 0.15) is 0 Å². The number of benzene rings is 1. The van der Waals surface area contributed by atoms with E-state index in [1.807, 2.05) is 6.07 Å². The molecule has 0 atom stereocenters. The number of nitriles is 1. The van der Waals surface area contributed by atoms with Gasteiger partial charge in [-0.05, 0) is 23.8 Å². The van der Waals surface area contributed by atoms with Gasteiger partial charge < -0.3 is 5.11 Å². The second-order valence-electron chi connectivity index (χ2n) is 2.07. The first-order chi connectivity index (χ1) is 5.27. The average Bonchev–Trinajstić information content (AvgIpc) is 2.04. The van der Waals surface area contributed by atoms with Gasteiger partial charge in [-0.1, -0.05) is 15.9 Å². The maximum Gasteiger partial charge on any atom is 0.0995 e. The van der Waals surface area contributed by atoms with E-state index in [4.69, 9.17) is 10.4 Å². The van der Waals surface area contributed by atoms with Crippen LogP contribution in [0.4, 0.5) is 0 Å². The van der Waals surface area contributed by atoms with E-state index in [0.29, 0.717) is 11.1 Å². The smallest absolute Gasteiger partial charge is 0.0995 e. The van der Waals surface area contributed by atoms with Crippen LogP contribution in [0.25, 0.3) is 0 Å². The van der Waals surface area contributed by atoms with Crippen molar-refractivity contribution in [2.45, 2.75) is 6.61 Å². The Labute approximate surface area is 73.2 Å². The van der Waals surface area contributed by atoms with Crippen molar-refractivity contribution in [3.05, 3.63) is 33.8 Å². The summed E-state index contributed by atoms with van der Waals surface area (Å²) in [5, 5.41) is 17.4. The van der Waals surface area contributed by atoms with E-state index in [0.717, 1.165) is 4.47 Å². The topological polar surface area (TPSA) is 44.0 Å². The van der Waals surface area contributed by atoms with Crippen LogP contribution >= 0.6 is 15.9 Å². The lowest BCUT2D eigenvalue weighted by Crippen LogP contribution is -1.88. The summed E-state index contributed by atoms with van der Waals surface area (Å²) in [5.74, 6) is 0. The summed E-state index contributed by atoms with van der Waals surface area (Å²) in [7, 11) is 0. The van der Waals surface area contributed by atoms with Crippen molar-refractivity contribution in [1.29, 1.82) is 5.26 Å². The third-order valence-corrected chi connectivity index (χ3v) is 1.85. The molecular formula is C8H6BrNO. The quantitative estimate of drug-likeness (QED) is 0.771. The standard InChI is InChI=1S/C8H6BrNO/c9-8-2-1-6(4-10)7(3-8)5-11/h1-3,11H,5H2. The molecule has 0 spiro atoms. The number of rotatable bonds is 1. The van der Waals surface area contributed by atoms with Crippen LogP contribution in [0.1, 0.15) is 11.1 Å². The molecule has 0 amide bonds. The van der Waals surface area contributed by atoms with Crippen LogP contribution in [-0.4, -0.2) is 5.11 Å². The first kappa shape index (κ1) is 8.25. The van der Waals surface area contributed by atoms with Crippen LogP contribution in [0.2, 0.25) is 0 Å². The van der Waals surface area contributed by atoms with Crippen LogP contribution in [0, 0.1) is 11.3 Å². The van der Waals surface area contributed by atoms with Gasteiger partial charge >= 0.3 is 0 Å². The minimum absolute atomic E-state index is 0.0949. The van der Waals surface area contributed by atoms with Gasteiger partial charge in [-0.3, -0.25) is 0 Å². The Hall–Kier alpha value is -0.850. The summed E-state index contributed by atoms with van der Waals surface area (Å²) in [4.78, 5) is 0. The van der Waals surface area contributed by atoms with E-state index in [1.165, 1.54) is 0 Å². The molecule has 0 aliphatic carbocycles. The van der Waals surface area contributed by atoms with Crippen molar-refractivity contribution >= 4 is 15.9 Å². The molecule has 3 heteroatoms. The van der Waals surface area contributed by atoms with Gasteiger partial charge in [0.05, 0.1) is 18.2 Å². The molecule has 56 valence electrons. The lowest BCUT2D eigenvalue weighted by atomic mass is 10.1. The van der Waals surface area contributed by atoms with Crippen molar-refractivity contribution in [1.82, 2.24) is 0 Å². The molecule has 11 heavy (non-hydrogen) atoms. The van der Waals surface area contributed by atoms with E-state index < -0.39 is 0 Å². The number of hydrogen-bond acceptors (Lipinski definition) is 2. The predicted octanol–water partition coefficient (Wildman–Crippen LogP) is 1.81. The van der Waals surface area contributed by atoms with Gasteiger partial charge in [-0.15, -0.1) is 0 Å². The van der Waals surface area contributed by atoms with Crippen LogP contribution < -0.4 is 0 Å². The summed E-state index contributed by atoms with van der Waals surface area (Å²) in [5.41, 5.74) is 1.18. The number of aliphatic hydroxyl groups is 1. The van der Waals surface area contributed by atoms with Crippen LogP contribution in [0.15, 0.2) is 22.7 Å². The zero-order valence-corrected chi connectivity index (χ0v) is 7.30. The fourth-order valence-electron chi connectivity index (χ4n) is 0.802. The second kappa shape index (κ2) is 3.51. The first-order valence-corrected chi connectivity index (χ1v) is 3.86. The molecule has 0 saturated heterocycles. The van der Waals surface area contributed by atoms with Gasteiger partial charge in [0.15, 0.2) is 0 Å². The molecule has 0 aliphatic rings. The molecule has 0 unspecified atom stereocenters. The van der Waals surface area contributed by atoms with Crippen LogP contribution in [-0.2, 0) is 6.61 Å². The minimum Gasteiger partial charge on any atom is -0.392 e. The molecule has 0 radical (unpaired) electrons. The molecule has 1 aromatic carbocycles. The molecule has 1 aromatic rings. The summed E-state index contributed by atoms with van der Waals surface area (Å²) in [6.45, 7) is -0.0949.